The lowest BCUT2D eigenvalue weighted by Gasteiger charge is -2.27. The summed E-state index contributed by atoms with van der Waals surface area (Å²) in [4.78, 5) is 11.6. The summed E-state index contributed by atoms with van der Waals surface area (Å²) < 4.78 is 0. The van der Waals surface area contributed by atoms with Gasteiger partial charge in [-0.2, -0.15) is 0 Å². The smallest absolute Gasteiger partial charge is 0.237 e. The largest absolute Gasteiger partial charge is 0.393 e. The van der Waals surface area contributed by atoms with Crippen LogP contribution in [0, 0.1) is 0 Å². The van der Waals surface area contributed by atoms with Gasteiger partial charge in [0, 0.05) is 6.04 Å². The van der Waals surface area contributed by atoms with Crippen molar-refractivity contribution in [1.82, 2.24) is 5.32 Å². The Balaban J connectivity index is 2.30. The summed E-state index contributed by atoms with van der Waals surface area (Å²) in [6.45, 7) is 2.01. The van der Waals surface area contributed by atoms with Gasteiger partial charge in [0.05, 0.1) is 12.1 Å². The van der Waals surface area contributed by atoms with Gasteiger partial charge in [0.25, 0.3) is 0 Å². The van der Waals surface area contributed by atoms with Crippen LogP contribution in [0.25, 0.3) is 0 Å². The third kappa shape index (κ3) is 4.18. The van der Waals surface area contributed by atoms with Crippen molar-refractivity contribution in [3.8, 4) is 0 Å². The topological polar surface area (TPSA) is 75.4 Å². The number of amides is 1. The summed E-state index contributed by atoms with van der Waals surface area (Å²) in [7, 11) is 0. The quantitative estimate of drug-likeness (QED) is 0.639. The molecule has 0 spiro atoms. The Hall–Kier alpha value is -0.610. The van der Waals surface area contributed by atoms with E-state index in [0.717, 1.165) is 32.1 Å². The van der Waals surface area contributed by atoms with E-state index in [1.54, 1.807) is 0 Å². The second-order valence-electron chi connectivity index (χ2n) is 4.42. The summed E-state index contributed by atoms with van der Waals surface area (Å²) in [6, 6.07) is -0.279. The van der Waals surface area contributed by atoms with Crippen LogP contribution in [0.3, 0.4) is 0 Å². The van der Waals surface area contributed by atoms with Gasteiger partial charge in [-0.25, -0.2) is 0 Å². The van der Waals surface area contributed by atoms with Gasteiger partial charge < -0.3 is 16.2 Å². The van der Waals surface area contributed by atoms with E-state index in [-0.39, 0.29) is 18.1 Å². The third-order valence-corrected chi connectivity index (χ3v) is 2.93. The number of carbonyl (C=O) groups excluding carboxylic acids is 1. The molecule has 1 saturated carbocycles. The molecule has 0 bridgehead atoms. The summed E-state index contributed by atoms with van der Waals surface area (Å²) >= 11 is 0. The maximum absolute atomic E-state index is 11.6. The molecule has 3 unspecified atom stereocenters. The molecule has 1 aliphatic rings. The van der Waals surface area contributed by atoms with Gasteiger partial charge in [0.1, 0.15) is 0 Å². The molecule has 15 heavy (non-hydrogen) atoms. The Morgan fingerprint density at radius 1 is 1.60 bits per heavy atom. The minimum atomic E-state index is -0.394. The number of aliphatic hydroxyl groups is 1. The molecular weight excluding hydrogens is 192 g/mol. The molecule has 1 fully saturated rings. The minimum absolute atomic E-state index is 0.0732. The number of hydrogen-bond donors (Lipinski definition) is 3. The first kappa shape index (κ1) is 12.5. The lowest BCUT2D eigenvalue weighted by Crippen LogP contribution is -2.47. The van der Waals surface area contributed by atoms with Crippen molar-refractivity contribution in [2.24, 2.45) is 5.73 Å². The van der Waals surface area contributed by atoms with Crippen molar-refractivity contribution < 1.29 is 9.90 Å². The number of carbonyl (C=O) groups is 1. The van der Waals surface area contributed by atoms with Crippen molar-refractivity contribution in [2.75, 3.05) is 0 Å². The number of nitrogens with one attached hydrogen (secondary N) is 1. The average molecular weight is 214 g/mol. The van der Waals surface area contributed by atoms with E-state index in [2.05, 4.69) is 5.32 Å². The molecular formula is C11H22N2O2. The molecule has 3 atom stereocenters. The molecule has 0 aromatic carbocycles. The Morgan fingerprint density at radius 3 is 2.93 bits per heavy atom. The Morgan fingerprint density at radius 2 is 2.33 bits per heavy atom. The van der Waals surface area contributed by atoms with E-state index in [1.165, 1.54) is 0 Å². The monoisotopic (exact) mass is 214 g/mol. The van der Waals surface area contributed by atoms with Crippen LogP contribution in [0.5, 0.6) is 0 Å². The number of aliphatic hydroxyl groups excluding tert-OH is 1. The summed E-state index contributed by atoms with van der Waals surface area (Å²) in [5.41, 5.74) is 5.71. The maximum Gasteiger partial charge on any atom is 0.237 e. The molecule has 88 valence electrons. The van der Waals surface area contributed by atoms with Gasteiger partial charge in [-0.15, -0.1) is 0 Å². The zero-order chi connectivity index (χ0) is 11.3. The first-order valence-corrected chi connectivity index (χ1v) is 5.87. The fraction of sp³-hybridized carbons (Fsp3) is 0.909. The normalized spacial score (nSPS) is 28.5. The lowest BCUT2D eigenvalue weighted by atomic mass is 9.93. The number of hydrogen-bond acceptors (Lipinski definition) is 3. The van der Waals surface area contributed by atoms with Crippen molar-refractivity contribution in [3.05, 3.63) is 0 Å². The highest BCUT2D eigenvalue weighted by Crippen LogP contribution is 2.18. The van der Waals surface area contributed by atoms with Crippen LogP contribution in [0.15, 0.2) is 0 Å². The predicted molar refractivity (Wildman–Crippen MR) is 59.3 cm³/mol. The van der Waals surface area contributed by atoms with Crippen LogP contribution < -0.4 is 11.1 Å². The molecule has 4 nitrogen and oxygen atoms in total. The van der Waals surface area contributed by atoms with Gasteiger partial charge >= 0.3 is 0 Å². The molecule has 0 radical (unpaired) electrons. The van der Waals surface area contributed by atoms with E-state index >= 15 is 0 Å². The number of nitrogens with two attached hydrogens (primary N) is 1. The first-order valence-electron chi connectivity index (χ1n) is 5.87. The van der Waals surface area contributed by atoms with Crippen LogP contribution in [0.4, 0.5) is 0 Å². The van der Waals surface area contributed by atoms with E-state index in [9.17, 15) is 9.90 Å². The average Bonchev–Trinajstić information content (AvgIpc) is 2.18. The van der Waals surface area contributed by atoms with Crippen LogP contribution in [0.2, 0.25) is 0 Å². The fourth-order valence-corrected chi connectivity index (χ4v) is 2.05. The number of rotatable bonds is 4. The standard InChI is InChI=1S/C11H22N2O2/c1-2-4-10(12)11(15)13-8-5-3-6-9(14)7-8/h8-10,14H,2-7,12H2,1H3,(H,13,15). The molecule has 0 aromatic heterocycles. The lowest BCUT2D eigenvalue weighted by molar-refractivity contribution is -0.123. The van der Waals surface area contributed by atoms with E-state index < -0.39 is 6.04 Å². The second kappa shape index (κ2) is 6.08. The Bertz CT molecular complexity index is 209. The summed E-state index contributed by atoms with van der Waals surface area (Å²) in [5, 5.41) is 12.4. The van der Waals surface area contributed by atoms with Crippen molar-refractivity contribution in [1.29, 1.82) is 0 Å². The van der Waals surface area contributed by atoms with Gasteiger partial charge in [0.15, 0.2) is 0 Å². The molecule has 1 amide bonds. The van der Waals surface area contributed by atoms with Crippen LogP contribution in [0.1, 0.15) is 45.4 Å². The first-order chi connectivity index (χ1) is 7.13. The van der Waals surface area contributed by atoms with E-state index in [4.69, 9.17) is 5.73 Å². The molecule has 0 saturated heterocycles. The SMILES string of the molecule is CCCC(N)C(=O)NC1CCCC(O)C1. The van der Waals surface area contributed by atoms with Crippen molar-refractivity contribution in [2.45, 2.75) is 63.6 Å². The summed E-state index contributed by atoms with van der Waals surface area (Å²) in [6.07, 6.45) is 4.85. The molecule has 1 rings (SSSR count). The van der Waals surface area contributed by atoms with Crippen LogP contribution in [-0.2, 0) is 4.79 Å². The third-order valence-electron chi connectivity index (χ3n) is 2.93. The Kier molecular flexibility index (Phi) is 5.05. The molecule has 4 heteroatoms. The zero-order valence-corrected chi connectivity index (χ0v) is 9.41. The minimum Gasteiger partial charge on any atom is -0.393 e. The fourth-order valence-electron chi connectivity index (χ4n) is 2.05. The van der Waals surface area contributed by atoms with Gasteiger partial charge in [0.2, 0.25) is 5.91 Å². The molecule has 0 aromatic rings. The second-order valence-corrected chi connectivity index (χ2v) is 4.42. The van der Waals surface area contributed by atoms with Crippen LogP contribution >= 0.6 is 0 Å². The molecule has 0 heterocycles. The zero-order valence-electron chi connectivity index (χ0n) is 9.41. The van der Waals surface area contributed by atoms with E-state index in [1.807, 2.05) is 6.92 Å². The molecule has 1 aliphatic carbocycles. The molecule has 4 N–H and O–H groups in total. The Labute approximate surface area is 91.2 Å². The van der Waals surface area contributed by atoms with Gasteiger partial charge in [-0.1, -0.05) is 13.3 Å². The van der Waals surface area contributed by atoms with Crippen LogP contribution in [-0.4, -0.2) is 29.2 Å². The highest BCUT2D eigenvalue weighted by Gasteiger charge is 2.23. The van der Waals surface area contributed by atoms with Gasteiger partial charge in [-0.3, -0.25) is 4.79 Å². The van der Waals surface area contributed by atoms with Crippen molar-refractivity contribution in [3.63, 3.8) is 0 Å². The maximum atomic E-state index is 11.6. The highest BCUT2D eigenvalue weighted by molar-refractivity contribution is 5.81. The summed E-state index contributed by atoms with van der Waals surface area (Å²) in [5.74, 6) is -0.0732. The van der Waals surface area contributed by atoms with Gasteiger partial charge in [-0.05, 0) is 32.1 Å². The highest BCUT2D eigenvalue weighted by atomic mass is 16.3. The van der Waals surface area contributed by atoms with Crippen molar-refractivity contribution >= 4 is 5.91 Å². The van der Waals surface area contributed by atoms with E-state index in [0.29, 0.717) is 6.42 Å². The predicted octanol–water partition coefficient (Wildman–Crippen LogP) is 0.533. The molecule has 0 aliphatic heterocycles.